The third-order valence-electron chi connectivity index (χ3n) is 2.13. The molecular formula is C10H11BrN2. The van der Waals surface area contributed by atoms with Gasteiger partial charge in [-0.25, -0.2) is 4.98 Å². The van der Waals surface area contributed by atoms with E-state index in [2.05, 4.69) is 44.5 Å². The van der Waals surface area contributed by atoms with Gasteiger partial charge in [0.05, 0.1) is 5.69 Å². The quantitative estimate of drug-likeness (QED) is 0.747. The zero-order valence-corrected chi connectivity index (χ0v) is 9.30. The molecule has 0 aliphatic carbocycles. The molecule has 0 aliphatic heterocycles. The zero-order valence-electron chi connectivity index (χ0n) is 7.71. The molecule has 0 aromatic carbocycles. The highest BCUT2D eigenvalue weighted by molar-refractivity contribution is 9.10. The van der Waals surface area contributed by atoms with E-state index in [9.17, 15) is 0 Å². The normalized spacial score (nSPS) is 11.0. The number of hydrogen-bond acceptors (Lipinski definition) is 1. The van der Waals surface area contributed by atoms with Crippen molar-refractivity contribution in [1.82, 2.24) is 9.38 Å². The second-order valence-electron chi connectivity index (χ2n) is 3.09. The summed E-state index contributed by atoms with van der Waals surface area (Å²) in [4.78, 5) is 4.40. The smallest absolute Gasteiger partial charge is 0.137 e. The van der Waals surface area contributed by atoms with E-state index < -0.39 is 0 Å². The molecule has 0 unspecified atom stereocenters. The summed E-state index contributed by atoms with van der Waals surface area (Å²) in [5.41, 5.74) is 3.36. The van der Waals surface area contributed by atoms with Crippen molar-refractivity contribution >= 4 is 21.6 Å². The second kappa shape index (κ2) is 3.14. The fourth-order valence-corrected chi connectivity index (χ4v) is 2.15. The van der Waals surface area contributed by atoms with Gasteiger partial charge in [-0.1, -0.05) is 6.92 Å². The minimum atomic E-state index is 1.01. The van der Waals surface area contributed by atoms with Gasteiger partial charge in [0.15, 0.2) is 0 Å². The Labute approximate surface area is 85.7 Å². The van der Waals surface area contributed by atoms with Crippen molar-refractivity contribution in [3.63, 3.8) is 0 Å². The van der Waals surface area contributed by atoms with Crippen molar-refractivity contribution in [2.45, 2.75) is 20.3 Å². The summed E-state index contributed by atoms with van der Waals surface area (Å²) in [6.45, 7) is 4.16. The van der Waals surface area contributed by atoms with Crippen molar-refractivity contribution in [3.8, 4) is 0 Å². The minimum Gasteiger partial charge on any atom is -0.303 e. The maximum absolute atomic E-state index is 4.40. The van der Waals surface area contributed by atoms with E-state index >= 15 is 0 Å². The van der Waals surface area contributed by atoms with Crippen LogP contribution in [-0.2, 0) is 6.42 Å². The molecule has 0 bridgehead atoms. The van der Waals surface area contributed by atoms with Crippen LogP contribution in [0.1, 0.15) is 18.3 Å². The zero-order chi connectivity index (χ0) is 9.42. The summed E-state index contributed by atoms with van der Waals surface area (Å²) < 4.78 is 3.29. The summed E-state index contributed by atoms with van der Waals surface area (Å²) in [6.07, 6.45) is 3.08. The molecule has 3 heteroatoms. The van der Waals surface area contributed by atoms with Crippen molar-refractivity contribution in [1.29, 1.82) is 0 Å². The Balaban J connectivity index is 2.82. The fraction of sp³-hybridized carbons (Fsp3) is 0.300. The van der Waals surface area contributed by atoms with Gasteiger partial charge >= 0.3 is 0 Å². The monoisotopic (exact) mass is 238 g/mol. The van der Waals surface area contributed by atoms with E-state index in [0.717, 1.165) is 22.2 Å². The van der Waals surface area contributed by atoms with Crippen LogP contribution in [0, 0.1) is 6.92 Å². The molecule has 68 valence electrons. The summed E-state index contributed by atoms with van der Waals surface area (Å²) in [5, 5.41) is 0. The van der Waals surface area contributed by atoms with Crippen LogP contribution in [0.3, 0.4) is 0 Å². The third-order valence-corrected chi connectivity index (χ3v) is 2.86. The number of nitrogens with zero attached hydrogens (tertiary/aromatic N) is 2. The van der Waals surface area contributed by atoms with Gasteiger partial charge in [0.25, 0.3) is 0 Å². The average molecular weight is 239 g/mol. The molecule has 0 saturated heterocycles. The molecular weight excluding hydrogens is 228 g/mol. The molecule has 2 rings (SSSR count). The van der Waals surface area contributed by atoms with Gasteiger partial charge in [0, 0.05) is 16.4 Å². The van der Waals surface area contributed by atoms with Gasteiger partial charge in [0.1, 0.15) is 5.65 Å². The summed E-state index contributed by atoms with van der Waals surface area (Å²) in [6, 6.07) is 4.08. The van der Waals surface area contributed by atoms with Crippen LogP contribution >= 0.6 is 15.9 Å². The lowest BCUT2D eigenvalue weighted by Gasteiger charge is -2.04. The van der Waals surface area contributed by atoms with Gasteiger partial charge in [-0.15, -0.1) is 0 Å². The molecule has 0 atom stereocenters. The van der Waals surface area contributed by atoms with Crippen LogP contribution in [0.5, 0.6) is 0 Å². The first kappa shape index (κ1) is 8.75. The fourth-order valence-electron chi connectivity index (χ4n) is 1.55. The number of halogens is 1. The minimum absolute atomic E-state index is 1.01. The first-order chi connectivity index (χ1) is 6.22. The summed E-state index contributed by atoms with van der Waals surface area (Å²) >= 11 is 3.54. The molecule has 2 aromatic rings. The van der Waals surface area contributed by atoms with Crippen LogP contribution in [0.25, 0.3) is 5.65 Å². The first-order valence-electron chi connectivity index (χ1n) is 4.35. The maximum Gasteiger partial charge on any atom is 0.137 e. The number of fused-ring (bicyclic) bond motifs is 1. The van der Waals surface area contributed by atoms with Crippen molar-refractivity contribution < 1.29 is 0 Å². The Morgan fingerprint density at radius 1 is 1.46 bits per heavy atom. The molecule has 0 aliphatic rings. The average Bonchev–Trinajstić information content (AvgIpc) is 2.45. The Morgan fingerprint density at radius 2 is 2.23 bits per heavy atom. The predicted octanol–water partition coefficient (Wildman–Crippen LogP) is 2.97. The van der Waals surface area contributed by atoms with Crippen LogP contribution in [0.4, 0.5) is 0 Å². The van der Waals surface area contributed by atoms with Gasteiger partial charge in [-0.05, 0) is 41.4 Å². The van der Waals surface area contributed by atoms with E-state index in [1.54, 1.807) is 0 Å². The molecule has 0 N–H and O–H groups in total. The van der Waals surface area contributed by atoms with E-state index in [-0.39, 0.29) is 0 Å². The Bertz CT molecular complexity index is 445. The van der Waals surface area contributed by atoms with Crippen molar-refractivity contribution in [2.75, 3.05) is 0 Å². The van der Waals surface area contributed by atoms with E-state index in [1.165, 1.54) is 5.69 Å². The molecule has 0 fully saturated rings. The largest absolute Gasteiger partial charge is 0.303 e. The lowest BCUT2D eigenvalue weighted by atomic mass is 10.3. The highest BCUT2D eigenvalue weighted by Crippen LogP contribution is 2.19. The number of aryl methyl sites for hydroxylation is 2. The summed E-state index contributed by atoms with van der Waals surface area (Å²) in [5.74, 6) is 0. The van der Waals surface area contributed by atoms with E-state index in [0.29, 0.717) is 0 Å². The number of rotatable bonds is 1. The number of imidazole rings is 1. The van der Waals surface area contributed by atoms with Crippen molar-refractivity contribution in [2.24, 2.45) is 0 Å². The molecule has 0 spiro atoms. The highest BCUT2D eigenvalue weighted by Gasteiger charge is 2.04. The third kappa shape index (κ3) is 1.37. The standard InChI is InChI=1S/C10H11BrN2/c1-3-9-8(11)4-5-10-12-7(2)6-13(9)10/h4-6H,3H2,1-2H3. The maximum atomic E-state index is 4.40. The number of aromatic nitrogens is 2. The van der Waals surface area contributed by atoms with Crippen molar-refractivity contribution in [3.05, 3.63) is 34.2 Å². The van der Waals surface area contributed by atoms with Crippen LogP contribution < -0.4 is 0 Å². The molecule has 0 amide bonds. The SMILES string of the molecule is CCc1c(Br)ccc2nc(C)cn12. The predicted molar refractivity (Wildman–Crippen MR) is 57.0 cm³/mol. The Morgan fingerprint density at radius 3 is 2.92 bits per heavy atom. The lowest BCUT2D eigenvalue weighted by Crippen LogP contribution is -1.94. The number of hydrogen-bond donors (Lipinski definition) is 0. The van der Waals surface area contributed by atoms with E-state index in [1.807, 2.05) is 13.0 Å². The summed E-state index contributed by atoms with van der Waals surface area (Å²) in [7, 11) is 0. The van der Waals surface area contributed by atoms with E-state index in [4.69, 9.17) is 0 Å². The topological polar surface area (TPSA) is 17.3 Å². The molecule has 0 radical (unpaired) electrons. The highest BCUT2D eigenvalue weighted by atomic mass is 79.9. The van der Waals surface area contributed by atoms with Crippen LogP contribution in [0.2, 0.25) is 0 Å². The molecule has 2 aromatic heterocycles. The van der Waals surface area contributed by atoms with Gasteiger partial charge in [0.2, 0.25) is 0 Å². The molecule has 2 nitrogen and oxygen atoms in total. The lowest BCUT2D eigenvalue weighted by molar-refractivity contribution is 0.967. The van der Waals surface area contributed by atoms with Gasteiger partial charge in [-0.2, -0.15) is 0 Å². The van der Waals surface area contributed by atoms with Crippen LogP contribution in [-0.4, -0.2) is 9.38 Å². The molecule has 0 saturated carbocycles. The Kier molecular flexibility index (Phi) is 2.12. The van der Waals surface area contributed by atoms with Crippen LogP contribution in [0.15, 0.2) is 22.8 Å². The van der Waals surface area contributed by atoms with Gasteiger partial charge < -0.3 is 4.40 Å². The number of pyridine rings is 1. The Hall–Kier alpha value is -0.830. The first-order valence-corrected chi connectivity index (χ1v) is 5.14. The molecule has 13 heavy (non-hydrogen) atoms. The second-order valence-corrected chi connectivity index (χ2v) is 3.95. The molecule has 2 heterocycles. The van der Waals surface area contributed by atoms with Gasteiger partial charge in [-0.3, -0.25) is 0 Å².